The molecule has 4 aliphatic rings. The van der Waals surface area contributed by atoms with Gasteiger partial charge >= 0.3 is 0 Å². The Labute approximate surface area is 126 Å². The van der Waals surface area contributed by atoms with Gasteiger partial charge in [0.25, 0.3) is 0 Å². The molecule has 8 unspecified atom stereocenters. The predicted octanol–water partition coefficient (Wildman–Crippen LogP) is 1.56. The monoisotopic (exact) mass is 350 g/mol. The van der Waals surface area contributed by atoms with Crippen LogP contribution in [-0.4, -0.2) is 23.3 Å². The smallest absolute Gasteiger partial charge is 0.147 e. The van der Waals surface area contributed by atoms with Gasteiger partial charge in [-0.3, -0.25) is 11.4 Å². The topological polar surface area (TPSA) is 46.5 Å². The Morgan fingerprint density at radius 3 is 2.47 bits per heavy atom. The standard InChI is InChI=1S/C15H19O3.Rh/c1-2-13(17)18-12-6-8-4-10(12)15-7-3-9(14(8)15)11(16)5-7;/h7-12,14-16H,1,3-6H2;/q-1;. The molecule has 1 N–H and O–H groups in total. The molecule has 0 aromatic carbocycles. The fraction of sp³-hybridized carbons (Fsp3) is 0.800. The zero-order chi connectivity index (χ0) is 12.4. The molecule has 0 spiro atoms. The molecule has 107 valence electrons. The Bertz CT molecular complexity index is 410. The predicted molar refractivity (Wildman–Crippen MR) is 64.2 cm³/mol. The average molecular weight is 350 g/mol. The van der Waals surface area contributed by atoms with E-state index in [1.54, 1.807) is 0 Å². The van der Waals surface area contributed by atoms with Crippen LogP contribution in [0.25, 0.3) is 0 Å². The van der Waals surface area contributed by atoms with Gasteiger partial charge in [0.2, 0.25) is 0 Å². The molecular formula is C15H19O3Rh-. The van der Waals surface area contributed by atoms with E-state index in [1.165, 1.54) is 12.8 Å². The van der Waals surface area contributed by atoms with Gasteiger partial charge in [0, 0.05) is 19.5 Å². The van der Waals surface area contributed by atoms with E-state index in [1.807, 2.05) is 0 Å². The number of esters is 1. The molecule has 1 radical (unpaired) electrons. The number of fused-ring (bicyclic) bond motifs is 9. The van der Waals surface area contributed by atoms with Crippen LogP contribution < -0.4 is 0 Å². The van der Waals surface area contributed by atoms with Crippen molar-refractivity contribution in [3.8, 4) is 0 Å². The maximum atomic E-state index is 11.3. The molecule has 0 saturated heterocycles. The summed E-state index contributed by atoms with van der Waals surface area (Å²) in [7, 11) is 0. The first kappa shape index (κ1) is 13.8. The van der Waals surface area contributed by atoms with Gasteiger partial charge in [0.15, 0.2) is 0 Å². The summed E-state index contributed by atoms with van der Waals surface area (Å²) in [6.45, 7) is 3.35. The summed E-state index contributed by atoms with van der Waals surface area (Å²) in [6, 6.07) is 0. The molecular weight excluding hydrogens is 331 g/mol. The number of rotatable bonds is 2. The summed E-state index contributed by atoms with van der Waals surface area (Å²) >= 11 is 0. The third kappa shape index (κ3) is 1.79. The molecule has 0 aliphatic heterocycles. The maximum absolute atomic E-state index is 11.3. The molecule has 19 heavy (non-hydrogen) atoms. The van der Waals surface area contributed by atoms with Gasteiger partial charge in [-0.05, 0) is 61.2 Å². The molecule has 0 aromatic heterocycles. The Balaban J connectivity index is 0.00000110. The van der Waals surface area contributed by atoms with Gasteiger partial charge < -0.3 is 15.9 Å². The van der Waals surface area contributed by atoms with E-state index in [0.29, 0.717) is 35.5 Å². The minimum absolute atomic E-state index is 0. The van der Waals surface area contributed by atoms with Gasteiger partial charge in [-0.15, -0.1) is 0 Å². The summed E-state index contributed by atoms with van der Waals surface area (Å²) in [5.74, 6) is 3.46. The van der Waals surface area contributed by atoms with Gasteiger partial charge in [0.1, 0.15) is 12.1 Å². The van der Waals surface area contributed by atoms with E-state index < -0.39 is 5.97 Å². The Hall–Kier alpha value is -0.207. The Kier molecular flexibility index (Phi) is 3.38. The van der Waals surface area contributed by atoms with E-state index in [4.69, 9.17) is 4.74 Å². The van der Waals surface area contributed by atoms with Crippen molar-refractivity contribution in [2.45, 2.75) is 37.9 Å². The SMILES string of the molecule is C=[C-]C(=O)OC1CC2CC1C1C3CC(O)C(C3)C21.[Rh]. The molecule has 0 aromatic rings. The number of carbonyl (C=O) groups is 1. The van der Waals surface area contributed by atoms with Crippen molar-refractivity contribution in [3.63, 3.8) is 0 Å². The van der Waals surface area contributed by atoms with Crippen LogP contribution in [0.4, 0.5) is 0 Å². The third-order valence-corrected chi connectivity index (χ3v) is 6.13. The van der Waals surface area contributed by atoms with Crippen LogP contribution in [0.1, 0.15) is 25.7 Å². The summed E-state index contributed by atoms with van der Waals surface area (Å²) in [5, 5.41) is 10.0. The van der Waals surface area contributed by atoms with Crippen LogP contribution in [0.3, 0.4) is 0 Å². The maximum Gasteiger partial charge on any atom is 0.147 e. The minimum Gasteiger partial charge on any atom is -0.486 e. The Morgan fingerprint density at radius 2 is 1.74 bits per heavy atom. The number of carbonyl (C=O) groups excluding carboxylic acids is 1. The molecule has 0 heterocycles. The zero-order valence-corrected chi connectivity index (χ0v) is 12.4. The normalized spacial score (nSPS) is 52.7. The van der Waals surface area contributed by atoms with Gasteiger partial charge in [-0.1, -0.05) is 0 Å². The van der Waals surface area contributed by atoms with Crippen molar-refractivity contribution in [1.82, 2.24) is 0 Å². The van der Waals surface area contributed by atoms with Crippen LogP contribution in [-0.2, 0) is 29.0 Å². The van der Waals surface area contributed by atoms with E-state index in [9.17, 15) is 9.90 Å². The first-order valence-electron chi connectivity index (χ1n) is 7.11. The van der Waals surface area contributed by atoms with Crippen molar-refractivity contribution in [3.05, 3.63) is 12.7 Å². The van der Waals surface area contributed by atoms with E-state index >= 15 is 0 Å². The van der Waals surface area contributed by atoms with Gasteiger partial charge in [0.05, 0.1) is 6.10 Å². The molecule has 0 amide bonds. The van der Waals surface area contributed by atoms with Crippen molar-refractivity contribution in [1.29, 1.82) is 0 Å². The fourth-order valence-electron chi connectivity index (χ4n) is 5.82. The average Bonchev–Trinajstić information content (AvgIpc) is 3.04. The quantitative estimate of drug-likeness (QED) is 0.270. The summed E-state index contributed by atoms with van der Waals surface area (Å²) < 4.78 is 5.46. The zero-order valence-electron chi connectivity index (χ0n) is 10.8. The van der Waals surface area contributed by atoms with E-state index in [0.717, 1.165) is 12.8 Å². The second-order valence-corrected chi connectivity index (χ2v) is 6.63. The first-order chi connectivity index (χ1) is 8.69. The van der Waals surface area contributed by atoms with Crippen LogP contribution in [0.5, 0.6) is 0 Å². The van der Waals surface area contributed by atoms with Crippen LogP contribution in [0.15, 0.2) is 6.58 Å². The summed E-state index contributed by atoms with van der Waals surface area (Å²) in [6.07, 6.45) is 6.71. The molecule has 3 nitrogen and oxygen atoms in total. The summed E-state index contributed by atoms with van der Waals surface area (Å²) in [4.78, 5) is 11.3. The second kappa shape index (κ2) is 4.67. The van der Waals surface area contributed by atoms with Crippen molar-refractivity contribution in [2.24, 2.45) is 35.5 Å². The Morgan fingerprint density at radius 1 is 1.11 bits per heavy atom. The largest absolute Gasteiger partial charge is 0.486 e. The molecule has 4 bridgehead atoms. The van der Waals surface area contributed by atoms with Crippen LogP contribution >= 0.6 is 0 Å². The van der Waals surface area contributed by atoms with Gasteiger partial charge in [-0.25, -0.2) is 0 Å². The van der Waals surface area contributed by atoms with Crippen molar-refractivity contribution in [2.75, 3.05) is 0 Å². The first-order valence-corrected chi connectivity index (χ1v) is 7.11. The number of ether oxygens (including phenoxy) is 1. The van der Waals surface area contributed by atoms with E-state index in [-0.39, 0.29) is 31.7 Å². The molecule has 4 heteroatoms. The summed E-state index contributed by atoms with van der Waals surface area (Å²) in [5.41, 5.74) is 0. The molecule has 4 saturated carbocycles. The third-order valence-electron chi connectivity index (χ3n) is 6.13. The van der Waals surface area contributed by atoms with Gasteiger partial charge in [-0.2, -0.15) is 0 Å². The van der Waals surface area contributed by atoms with Crippen LogP contribution in [0.2, 0.25) is 0 Å². The number of aliphatic hydroxyl groups is 1. The van der Waals surface area contributed by atoms with Crippen molar-refractivity contribution >= 4 is 5.97 Å². The second-order valence-electron chi connectivity index (χ2n) is 6.63. The molecule has 4 fully saturated rings. The minimum atomic E-state index is -0.396. The molecule has 8 atom stereocenters. The molecule has 4 aliphatic carbocycles. The van der Waals surface area contributed by atoms with E-state index in [2.05, 4.69) is 12.7 Å². The van der Waals surface area contributed by atoms with Crippen molar-refractivity contribution < 1.29 is 34.1 Å². The number of aliphatic hydroxyl groups excluding tert-OH is 1. The number of hydrogen-bond acceptors (Lipinski definition) is 3. The fourth-order valence-corrected chi connectivity index (χ4v) is 5.82. The molecule has 4 rings (SSSR count). The van der Waals surface area contributed by atoms with Crippen LogP contribution in [0, 0.1) is 41.6 Å². The number of hydrogen-bond donors (Lipinski definition) is 1.